The summed E-state index contributed by atoms with van der Waals surface area (Å²) in [5, 5.41) is 2.73. The summed E-state index contributed by atoms with van der Waals surface area (Å²) in [7, 11) is -1.98. The zero-order valence-electron chi connectivity index (χ0n) is 17.4. The van der Waals surface area contributed by atoms with E-state index in [0.29, 0.717) is 30.2 Å². The van der Waals surface area contributed by atoms with Gasteiger partial charge in [-0.2, -0.15) is 4.31 Å². The standard InChI is InChI=1S/C21H24FN5O3S/c1-15-23-7-10-27(15)19-6-5-16(11-18(19)22)13-24-21(28)20-12-17(14-25(20)2)31(29,30)26-8-3-4-9-26/h5-7,10-12,14H,3-4,8-9,13H2,1-2H3,(H,24,28). The van der Waals surface area contributed by atoms with Gasteiger partial charge in [-0.1, -0.05) is 6.07 Å². The Morgan fingerprint density at radius 1 is 1.23 bits per heavy atom. The number of carbonyl (C=O) groups is 1. The highest BCUT2D eigenvalue weighted by Crippen LogP contribution is 2.23. The number of nitrogens with zero attached hydrogens (tertiary/aromatic N) is 4. The summed E-state index contributed by atoms with van der Waals surface area (Å²) in [4.78, 5) is 16.8. The molecule has 0 spiro atoms. The third-order valence-electron chi connectivity index (χ3n) is 5.47. The van der Waals surface area contributed by atoms with E-state index in [-0.39, 0.29) is 17.1 Å². The fourth-order valence-electron chi connectivity index (χ4n) is 3.74. The molecule has 1 aromatic carbocycles. The van der Waals surface area contributed by atoms with Crippen LogP contribution >= 0.6 is 0 Å². The second kappa shape index (κ2) is 8.27. The molecule has 0 atom stereocenters. The van der Waals surface area contributed by atoms with Crippen molar-refractivity contribution in [3.8, 4) is 5.69 Å². The lowest BCUT2D eigenvalue weighted by Gasteiger charge is -2.13. The van der Waals surface area contributed by atoms with Gasteiger partial charge in [-0.3, -0.25) is 4.79 Å². The average molecular weight is 446 g/mol. The highest BCUT2D eigenvalue weighted by molar-refractivity contribution is 7.89. The Morgan fingerprint density at radius 2 is 1.97 bits per heavy atom. The Labute approximate surface area is 180 Å². The van der Waals surface area contributed by atoms with Crippen molar-refractivity contribution in [3.05, 3.63) is 65.8 Å². The Hall–Kier alpha value is -2.98. The quantitative estimate of drug-likeness (QED) is 0.631. The molecule has 4 rings (SSSR count). The first-order chi connectivity index (χ1) is 14.8. The normalized spacial score (nSPS) is 14.8. The van der Waals surface area contributed by atoms with E-state index in [1.54, 1.807) is 43.1 Å². The number of rotatable bonds is 6. The van der Waals surface area contributed by atoms with Crippen LogP contribution in [0.1, 0.15) is 34.7 Å². The summed E-state index contributed by atoms with van der Waals surface area (Å²) >= 11 is 0. The van der Waals surface area contributed by atoms with Gasteiger partial charge in [0.2, 0.25) is 10.0 Å². The first kappa shape index (κ1) is 21.3. The van der Waals surface area contributed by atoms with Crippen LogP contribution in [0.2, 0.25) is 0 Å². The number of amides is 1. The SMILES string of the molecule is Cc1nccn1-c1ccc(CNC(=O)c2cc(S(=O)(=O)N3CCCC3)cn2C)cc1F. The number of aromatic nitrogens is 3. The Balaban J connectivity index is 1.46. The van der Waals surface area contributed by atoms with Crippen LogP contribution in [-0.4, -0.2) is 45.8 Å². The highest BCUT2D eigenvalue weighted by atomic mass is 32.2. The van der Waals surface area contributed by atoms with Gasteiger partial charge in [0, 0.05) is 45.3 Å². The highest BCUT2D eigenvalue weighted by Gasteiger charge is 2.29. The molecule has 3 heterocycles. The van der Waals surface area contributed by atoms with E-state index < -0.39 is 21.7 Å². The van der Waals surface area contributed by atoms with E-state index >= 15 is 0 Å². The molecule has 0 saturated carbocycles. The van der Waals surface area contributed by atoms with E-state index in [1.165, 1.54) is 27.2 Å². The van der Waals surface area contributed by atoms with Gasteiger partial charge in [-0.05, 0) is 43.5 Å². The van der Waals surface area contributed by atoms with Crippen molar-refractivity contribution in [3.63, 3.8) is 0 Å². The van der Waals surface area contributed by atoms with Crippen LogP contribution in [0.3, 0.4) is 0 Å². The Bertz CT molecular complexity index is 1230. The van der Waals surface area contributed by atoms with E-state index in [4.69, 9.17) is 0 Å². The maximum Gasteiger partial charge on any atom is 0.268 e. The molecule has 2 aromatic heterocycles. The molecule has 1 amide bonds. The lowest BCUT2D eigenvalue weighted by atomic mass is 10.2. The van der Waals surface area contributed by atoms with Crippen molar-refractivity contribution < 1.29 is 17.6 Å². The van der Waals surface area contributed by atoms with Crippen LogP contribution in [0.25, 0.3) is 5.69 Å². The summed E-state index contributed by atoms with van der Waals surface area (Å²) in [6.45, 7) is 2.89. The number of hydrogen-bond donors (Lipinski definition) is 1. The second-order valence-corrected chi connectivity index (χ2v) is 9.53. The van der Waals surface area contributed by atoms with Gasteiger partial charge >= 0.3 is 0 Å². The lowest BCUT2D eigenvalue weighted by Crippen LogP contribution is -2.27. The number of nitrogens with one attached hydrogen (secondary N) is 1. The number of carbonyl (C=O) groups excluding carboxylic acids is 1. The molecule has 3 aromatic rings. The Morgan fingerprint density at radius 3 is 2.61 bits per heavy atom. The molecular weight excluding hydrogens is 421 g/mol. The number of imidazole rings is 1. The molecule has 31 heavy (non-hydrogen) atoms. The molecule has 0 radical (unpaired) electrons. The number of aryl methyl sites for hydroxylation is 2. The molecule has 0 bridgehead atoms. The van der Waals surface area contributed by atoms with Gasteiger partial charge in [-0.15, -0.1) is 0 Å². The fourth-order valence-corrected chi connectivity index (χ4v) is 5.33. The van der Waals surface area contributed by atoms with Crippen LogP contribution in [0.4, 0.5) is 4.39 Å². The van der Waals surface area contributed by atoms with Crippen LogP contribution < -0.4 is 5.32 Å². The topological polar surface area (TPSA) is 89.2 Å². The van der Waals surface area contributed by atoms with Crippen molar-refractivity contribution in [2.75, 3.05) is 13.1 Å². The molecule has 8 nitrogen and oxygen atoms in total. The van der Waals surface area contributed by atoms with Gasteiger partial charge < -0.3 is 14.5 Å². The Kier molecular flexibility index (Phi) is 5.67. The predicted molar refractivity (Wildman–Crippen MR) is 113 cm³/mol. The zero-order chi connectivity index (χ0) is 22.2. The van der Waals surface area contributed by atoms with E-state index in [1.807, 2.05) is 0 Å². The molecule has 1 saturated heterocycles. The minimum atomic E-state index is -3.60. The predicted octanol–water partition coefficient (Wildman–Crippen LogP) is 2.37. The van der Waals surface area contributed by atoms with Gasteiger partial charge in [0.15, 0.2) is 0 Å². The molecule has 10 heteroatoms. The van der Waals surface area contributed by atoms with Crippen molar-refractivity contribution >= 4 is 15.9 Å². The molecule has 164 valence electrons. The molecule has 0 unspecified atom stereocenters. The molecule has 1 aliphatic heterocycles. The summed E-state index contributed by atoms with van der Waals surface area (Å²) in [5.74, 6) is -0.186. The third-order valence-corrected chi connectivity index (χ3v) is 7.33. The molecule has 1 aliphatic rings. The minimum Gasteiger partial charge on any atom is -0.347 e. The largest absolute Gasteiger partial charge is 0.347 e. The average Bonchev–Trinajstić information content (AvgIpc) is 3.48. The van der Waals surface area contributed by atoms with Gasteiger partial charge in [0.1, 0.15) is 22.2 Å². The zero-order valence-corrected chi connectivity index (χ0v) is 18.2. The summed E-state index contributed by atoms with van der Waals surface area (Å²) < 4.78 is 44.6. The lowest BCUT2D eigenvalue weighted by molar-refractivity contribution is 0.0942. The van der Waals surface area contributed by atoms with Crippen LogP contribution in [0, 0.1) is 12.7 Å². The fraction of sp³-hybridized carbons (Fsp3) is 0.333. The van der Waals surface area contributed by atoms with E-state index in [2.05, 4.69) is 10.3 Å². The van der Waals surface area contributed by atoms with Crippen molar-refractivity contribution in [1.29, 1.82) is 0 Å². The van der Waals surface area contributed by atoms with Gasteiger partial charge in [0.05, 0.1) is 5.69 Å². The smallest absolute Gasteiger partial charge is 0.268 e. The number of sulfonamides is 1. The van der Waals surface area contributed by atoms with E-state index in [9.17, 15) is 17.6 Å². The molecule has 1 N–H and O–H groups in total. The summed E-state index contributed by atoms with van der Waals surface area (Å²) in [5.41, 5.74) is 1.19. The molecular formula is C21H24FN5O3S. The minimum absolute atomic E-state index is 0.105. The first-order valence-corrected chi connectivity index (χ1v) is 11.4. The van der Waals surface area contributed by atoms with Gasteiger partial charge in [0.25, 0.3) is 5.91 Å². The van der Waals surface area contributed by atoms with Crippen LogP contribution in [0.15, 0.2) is 47.8 Å². The summed E-state index contributed by atoms with van der Waals surface area (Å²) in [6.07, 6.45) is 6.41. The van der Waals surface area contributed by atoms with Crippen molar-refractivity contribution in [2.24, 2.45) is 7.05 Å². The second-order valence-electron chi connectivity index (χ2n) is 7.60. The number of benzene rings is 1. The molecule has 0 aliphatic carbocycles. The maximum atomic E-state index is 14.6. The van der Waals surface area contributed by atoms with Crippen molar-refractivity contribution in [1.82, 2.24) is 23.7 Å². The summed E-state index contributed by atoms with van der Waals surface area (Å²) in [6, 6.07) is 6.11. The first-order valence-electron chi connectivity index (χ1n) is 10.0. The van der Waals surface area contributed by atoms with Crippen molar-refractivity contribution in [2.45, 2.75) is 31.2 Å². The number of halogens is 1. The number of hydrogen-bond acceptors (Lipinski definition) is 4. The van der Waals surface area contributed by atoms with Crippen LogP contribution in [0.5, 0.6) is 0 Å². The molecule has 1 fully saturated rings. The monoisotopic (exact) mass is 445 g/mol. The third kappa shape index (κ3) is 4.13. The van der Waals surface area contributed by atoms with E-state index in [0.717, 1.165) is 12.8 Å². The van der Waals surface area contributed by atoms with Crippen LogP contribution in [-0.2, 0) is 23.6 Å². The van der Waals surface area contributed by atoms with Gasteiger partial charge in [-0.25, -0.2) is 17.8 Å². The maximum absolute atomic E-state index is 14.6.